The van der Waals surface area contributed by atoms with Crippen LogP contribution in [0.1, 0.15) is 5.56 Å². The fourth-order valence-electron chi connectivity index (χ4n) is 2.82. The van der Waals surface area contributed by atoms with Gasteiger partial charge in [0.05, 0.1) is 17.9 Å². The topological polar surface area (TPSA) is 39.4 Å². The Morgan fingerprint density at radius 3 is 2.50 bits per heavy atom. The van der Waals surface area contributed by atoms with Crippen LogP contribution in [0.15, 0.2) is 57.7 Å². The standard InChI is InChI=1S/C19H14O3/c1-11-3-4-12-9-18-15(8-13(12)7-11)19(20)16-10-14(21-2)5-6-17(16)22-18/h3-10H,1-2H3. The van der Waals surface area contributed by atoms with E-state index < -0.39 is 0 Å². The van der Waals surface area contributed by atoms with Crippen molar-refractivity contribution >= 4 is 32.7 Å². The second-order valence-corrected chi connectivity index (χ2v) is 5.49. The number of hydrogen-bond acceptors (Lipinski definition) is 3. The van der Waals surface area contributed by atoms with E-state index >= 15 is 0 Å². The molecule has 0 saturated carbocycles. The van der Waals surface area contributed by atoms with Crippen molar-refractivity contribution in [3.63, 3.8) is 0 Å². The van der Waals surface area contributed by atoms with E-state index in [1.54, 1.807) is 25.3 Å². The fraction of sp³-hybridized carbons (Fsp3) is 0.105. The molecule has 4 aromatic rings. The van der Waals surface area contributed by atoms with Crippen molar-refractivity contribution in [3.05, 3.63) is 64.3 Å². The maximum atomic E-state index is 12.8. The Kier molecular flexibility index (Phi) is 2.70. The van der Waals surface area contributed by atoms with Gasteiger partial charge in [-0.25, -0.2) is 0 Å². The fourth-order valence-corrected chi connectivity index (χ4v) is 2.82. The first-order valence-corrected chi connectivity index (χ1v) is 7.11. The van der Waals surface area contributed by atoms with Crippen LogP contribution in [-0.4, -0.2) is 7.11 Å². The highest BCUT2D eigenvalue weighted by atomic mass is 16.5. The Morgan fingerprint density at radius 1 is 0.864 bits per heavy atom. The molecule has 0 aliphatic heterocycles. The summed E-state index contributed by atoms with van der Waals surface area (Å²) in [4.78, 5) is 12.8. The molecule has 0 amide bonds. The van der Waals surface area contributed by atoms with Crippen LogP contribution in [0.2, 0.25) is 0 Å². The first-order valence-electron chi connectivity index (χ1n) is 7.11. The zero-order valence-electron chi connectivity index (χ0n) is 12.3. The van der Waals surface area contributed by atoms with Crippen LogP contribution in [-0.2, 0) is 0 Å². The van der Waals surface area contributed by atoms with E-state index in [1.165, 1.54) is 5.56 Å². The molecule has 0 bridgehead atoms. The number of ether oxygens (including phenoxy) is 1. The highest BCUT2D eigenvalue weighted by Gasteiger charge is 2.10. The van der Waals surface area contributed by atoms with Crippen LogP contribution >= 0.6 is 0 Å². The summed E-state index contributed by atoms with van der Waals surface area (Å²) >= 11 is 0. The number of aryl methyl sites for hydroxylation is 1. The molecule has 4 rings (SSSR count). The summed E-state index contributed by atoms with van der Waals surface area (Å²) < 4.78 is 11.1. The van der Waals surface area contributed by atoms with Crippen molar-refractivity contribution in [3.8, 4) is 5.75 Å². The molecule has 0 N–H and O–H groups in total. The van der Waals surface area contributed by atoms with Crippen LogP contribution in [0, 0.1) is 6.92 Å². The normalized spacial score (nSPS) is 11.4. The Labute approximate surface area is 126 Å². The lowest BCUT2D eigenvalue weighted by Gasteiger charge is -2.06. The minimum atomic E-state index is -0.0291. The number of fused-ring (bicyclic) bond motifs is 3. The first kappa shape index (κ1) is 12.9. The third-order valence-electron chi connectivity index (χ3n) is 3.99. The Hall–Kier alpha value is -2.81. The van der Waals surface area contributed by atoms with E-state index in [1.807, 2.05) is 25.1 Å². The van der Waals surface area contributed by atoms with E-state index in [0.717, 1.165) is 10.8 Å². The second kappa shape index (κ2) is 4.60. The van der Waals surface area contributed by atoms with Crippen molar-refractivity contribution in [2.45, 2.75) is 6.92 Å². The molecular weight excluding hydrogens is 276 g/mol. The molecule has 3 aromatic carbocycles. The van der Waals surface area contributed by atoms with E-state index in [0.29, 0.717) is 27.7 Å². The third kappa shape index (κ3) is 1.86. The lowest BCUT2D eigenvalue weighted by atomic mass is 10.0. The van der Waals surface area contributed by atoms with Gasteiger partial charge in [0.2, 0.25) is 5.43 Å². The quantitative estimate of drug-likeness (QED) is 0.487. The SMILES string of the molecule is COc1ccc2oc3cc4ccc(C)cc4cc3c(=O)c2c1. The lowest BCUT2D eigenvalue weighted by molar-refractivity contribution is 0.415. The molecule has 0 aliphatic carbocycles. The average molecular weight is 290 g/mol. The predicted molar refractivity (Wildman–Crippen MR) is 88.8 cm³/mol. The van der Waals surface area contributed by atoms with Gasteiger partial charge in [0.1, 0.15) is 16.9 Å². The molecular formula is C19H14O3. The molecule has 0 spiro atoms. The molecule has 1 heterocycles. The van der Waals surface area contributed by atoms with Crippen molar-refractivity contribution in [1.29, 1.82) is 0 Å². The summed E-state index contributed by atoms with van der Waals surface area (Å²) in [5.74, 6) is 0.649. The van der Waals surface area contributed by atoms with Gasteiger partial charge in [0.15, 0.2) is 0 Å². The molecule has 0 saturated heterocycles. The largest absolute Gasteiger partial charge is 0.497 e. The summed E-state index contributed by atoms with van der Waals surface area (Å²) in [5, 5.41) is 3.24. The zero-order valence-corrected chi connectivity index (χ0v) is 12.3. The maximum Gasteiger partial charge on any atom is 0.200 e. The van der Waals surface area contributed by atoms with Crippen molar-refractivity contribution in [2.75, 3.05) is 7.11 Å². The minimum Gasteiger partial charge on any atom is -0.497 e. The first-order chi connectivity index (χ1) is 10.7. The molecule has 22 heavy (non-hydrogen) atoms. The van der Waals surface area contributed by atoms with Gasteiger partial charge in [-0.3, -0.25) is 4.79 Å². The van der Waals surface area contributed by atoms with E-state index in [2.05, 4.69) is 12.1 Å². The Balaban J connectivity index is 2.17. The highest BCUT2D eigenvalue weighted by molar-refractivity contribution is 5.99. The molecule has 0 fully saturated rings. The van der Waals surface area contributed by atoms with Crippen LogP contribution in [0.25, 0.3) is 32.7 Å². The third-order valence-corrected chi connectivity index (χ3v) is 3.99. The number of hydrogen-bond donors (Lipinski definition) is 0. The minimum absolute atomic E-state index is 0.0291. The van der Waals surface area contributed by atoms with E-state index in [9.17, 15) is 4.79 Å². The smallest absolute Gasteiger partial charge is 0.200 e. The molecule has 3 nitrogen and oxygen atoms in total. The maximum absolute atomic E-state index is 12.8. The summed E-state index contributed by atoms with van der Waals surface area (Å²) in [5.41, 5.74) is 2.32. The molecule has 0 atom stereocenters. The summed E-state index contributed by atoms with van der Waals surface area (Å²) in [6.45, 7) is 2.04. The van der Waals surface area contributed by atoms with Gasteiger partial charge in [-0.05, 0) is 48.0 Å². The molecule has 0 unspecified atom stereocenters. The number of methoxy groups -OCH3 is 1. The summed E-state index contributed by atoms with van der Waals surface area (Å²) in [6.07, 6.45) is 0. The molecule has 3 heteroatoms. The van der Waals surface area contributed by atoms with Gasteiger partial charge in [-0.15, -0.1) is 0 Å². The average Bonchev–Trinajstić information content (AvgIpc) is 2.53. The lowest BCUT2D eigenvalue weighted by Crippen LogP contribution is -2.02. The van der Waals surface area contributed by atoms with Gasteiger partial charge < -0.3 is 9.15 Å². The molecule has 0 aliphatic rings. The molecule has 108 valence electrons. The van der Waals surface area contributed by atoms with Gasteiger partial charge in [-0.1, -0.05) is 23.8 Å². The molecule has 0 radical (unpaired) electrons. The Bertz CT molecular complexity index is 1090. The van der Waals surface area contributed by atoms with E-state index in [4.69, 9.17) is 9.15 Å². The summed E-state index contributed by atoms with van der Waals surface area (Å²) in [7, 11) is 1.58. The highest BCUT2D eigenvalue weighted by Crippen LogP contribution is 2.26. The second-order valence-electron chi connectivity index (χ2n) is 5.49. The van der Waals surface area contributed by atoms with Crippen molar-refractivity contribution < 1.29 is 9.15 Å². The Morgan fingerprint density at radius 2 is 1.68 bits per heavy atom. The van der Waals surface area contributed by atoms with Gasteiger partial charge >= 0.3 is 0 Å². The van der Waals surface area contributed by atoms with Gasteiger partial charge in [-0.2, -0.15) is 0 Å². The van der Waals surface area contributed by atoms with Gasteiger partial charge in [0.25, 0.3) is 0 Å². The monoisotopic (exact) mass is 290 g/mol. The predicted octanol–water partition coefficient (Wildman–Crippen LogP) is 4.42. The van der Waals surface area contributed by atoms with Crippen molar-refractivity contribution in [1.82, 2.24) is 0 Å². The van der Waals surface area contributed by atoms with Gasteiger partial charge in [0, 0.05) is 0 Å². The number of rotatable bonds is 1. The van der Waals surface area contributed by atoms with Crippen LogP contribution in [0.5, 0.6) is 5.75 Å². The number of benzene rings is 3. The van der Waals surface area contributed by atoms with Crippen LogP contribution in [0.3, 0.4) is 0 Å². The zero-order chi connectivity index (χ0) is 15.3. The molecule has 1 aromatic heterocycles. The summed E-state index contributed by atoms with van der Waals surface area (Å²) in [6, 6.07) is 15.3. The van der Waals surface area contributed by atoms with Crippen LogP contribution < -0.4 is 10.2 Å². The van der Waals surface area contributed by atoms with E-state index in [-0.39, 0.29) is 5.43 Å². The van der Waals surface area contributed by atoms with Crippen LogP contribution in [0.4, 0.5) is 0 Å². The van der Waals surface area contributed by atoms with Crippen molar-refractivity contribution in [2.24, 2.45) is 0 Å².